The van der Waals surface area contributed by atoms with Crippen LogP contribution in [0.2, 0.25) is 0 Å². The van der Waals surface area contributed by atoms with E-state index in [1.165, 1.54) is 0 Å². The molecule has 0 amide bonds. The molecule has 4 N–H and O–H groups in total. The molecule has 0 radical (unpaired) electrons. The lowest BCUT2D eigenvalue weighted by atomic mass is 10.5. The van der Waals surface area contributed by atoms with E-state index in [9.17, 15) is 0 Å². The van der Waals surface area contributed by atoms with Crippen molar-refractivity contribution in [2.75, 3.05) is 10.7 Å². The molecular formula is C11H17N7OS. The van der Waals surface area contributed by atoms with Crippen LogP contribution in [0.25, 0.3) is 0 Å². The van der Waals surface area contributed by atoms with Crippen LogP contribution in [0.5, 0.6) is 6.01 Å². The van der Waals surface area contributed by atoms with Crippen molar-refractivity contribution in [3.05, 3.63) is 16.1 Å². The molecule has 0 aliphatic carbocycles. The first kappa shape index (κ1) is 14.4. The van der Waals surface area contributed by atoms with Crippen LogP contribution in [0.15, 0.2) is 6.20 Å². The summed E-state index contributed by atoms with van der Waals surface area (Å²) in [6, 6.07) is 0.223. The summed E-state index contributed by atoms with van der Waals surface area (Å²) in [5.74, 6) is 5.96. The van der Waals surface area contributed by atoms with E-state index in [4.69, 9.17) is 10.6 Å². The molecule has 0 saturated heterocycles. The van der Waals surface area contributed by atoms with Crippen molar-refractivity contribution >= 4 is 23.2 Å². The molecular weight excluding hydrogens is 278 g/mol. The highest BCUT2D eigenvalue weighted by atomic mass is 32.1. The number of aromatic nitrogens is 4. The summed E-state index contributed by atoms with van der Waals surface area (Å²) in [4.78, 5) is 17.7. The first-order chi connectivity index (χ1) is 9.56. The van der Waals surface area contributed by atoms with E-state index in [1.807, 2.05) is 27.0 Å². The van der Waals surface area contributed by atoms with Gasteiger partial charge in [0, 0.05) is 11.1 Å². The normalized spacial score (nSPS) is 10.7. The highest BCUT2D eigenvalue weighted by Gasteiger charge is 2.09. The predicted octanol–water partition coefficient (Wildman–Crippen LogP) is 1.32. The molecule has 108 valence electrons. The Kier molecular flexibility index (Phi) is 4.64. The molecule has 2 aromatic rings. The minimum atomic E-state index is -0.0301. The molecule has 0 aromatic carbocycles. The molecule has 0 bridgehead atoms. The highest BCUT2D eigenvalue weighted by Crippen LogP contribution is 2.15. The number of hydrogen-bond acceptors (Lipinski definition) is 9. The van der Waals surface area contributed by atoms with E-state index >= 15 is 0 Å². The molecule has 8 nitrogen and oxygen atoms in total. The Hall–Kier alpha value is -2.00. The lowest BCUT2D eigenvalue weighted by Crippen LogP contribution is -2.16. The standard InChI is InChI=1S/C11H17N7OS/c1-6(2)19-11-16-9(15-10(17-11)18-12)14-5-8-13-4-7(3)20-8/h4,6H,5,12H2,1-3H3,(H2,14,15,16,17,18). The van der Waals surface area contributed by atoms with Crippen molar-refractivity contribution in [3.63, 3.8) is 0 Å². The first-order valence-electron chi connectivity index (χ1n) is 6.11. The van der Waals surface area contributed by atoms with Gasteiger partial charge in [0.25, 0.3) is 0 Å². The highest BCUT2D eigenvalue weighted by molar-refractivity contribution is 7.11. The quantitative estimate of drug-likeness (QED) is 0.540. The lowest BCUT2D eigenvalue weighted by molar-refractivity contribution is 0.222. The van der Waals surface area contributed by atoms with Gasteiger partial charge >= 0.3 is 6.01 Å². The molecule has 0 spiro atoms. The van der Waals surface area contributed by atoms with E-state index in [0.717, 1.165) is 9.88 Å². The number of nitrogens with zero attached hydrogens (tertiary/aromatic N) is 4. The van der Waals surface area contributed by atoms with Crippen LogP contribution in [0.3, 0.4) is 0 Å². The number of aryl methyl sites for hydroxylation is 1. The zero-order valence-electron chi connectivity index (χ0n) is 11.5. The third-order valence-electron chi connectivity index (χ3n) is 2.15. The van der Waals surface area contributed by atoms with Crippen molar-refractivity contribution in [2.24, 2.45) is 5.84 Å². The summed E-state index contributed by atoms with van der Waals surface area (Å²) in [5, 5.41) is 4.03. The molecule has 2 aromatic heterocycles. The van der Waals surface area contributed by atoms with Crippen LogP contribution in [0, 0.1) is 6.92 Å². The smallest absolute Gasteiger partial charge is 0.323 e. The van der Waals surface area contributed by atoms with Crippen molar-refractivity contribution in [3.8, 4) is 6.01 Å². The number of hydrogen-bond donors (Lipinski definition) is 3. The molecule has 0 aliphatic heterocycles. The van der Waals surface area contributed by atoms with Gasteiger partial charge in [0.05, 0.1) is 12.6 Å². The molecule has 0 unspecified atom stereocenters. The first-order valence-corrected chi connectivity index (χ1v) is 6.93. The minimum Gasteiger partial charge on any atom is -0.461 e. The van der Waals surface area contributed by atoms with Crippen LogP contribution in [0.1, 0.15) is 23.7 Å². The van der Waals surface area contributed by atoms with Gasteiger partial charge in [-0.3, -0.25) is 5.43 Å². The Balaban J connectivity index is 2.09. The second-order valence-electron chi connectivity index (χ2n) is 4.29. The monoisotopic (exact) mass is 295 g/mol. The van der Waals surface area contributed by atoms with Gasteiger partial charge in [-0.25, -0.2) is 10.8 Å². The maximum Gasteiger partial charge on any atom is 0.323 e. The minimum absolute atomic E-state index is 0.0301. The van der Waals surface area contributed by atoms with Gasteiger partial charge in [-0.15, -0.1) is 11.3 Å². The van der Waals surface area contributed by atoms with E-state index in [2.05, 4.69) is 30.7 Å². The maximum absolute atomic E-state index is 5.44. The summed E-state index contributed by atoms with van der Waals surface area (Å²) < 4.78 is 5.44. The van der Waals surface area contributed by atoms with Crippen LogP contribution in [0.4, 0.5) is 11.9 Å². The second kappa shape index (κ2) is 6.44. The van der Waals surface area contributed by atoms with Crippen LogP contribution >= 0.6 is 11.3 Å². The Morgan fingerprint density at radius 2 is 2.05 bits per heavy atom. The largest absolute Gasteiger partial charge is 0.461 e. The third kappa shape index (κ3) is 4.00. The number of thiazole rings is 1. The summed E-state index contributed by atoms with van der Waals surface area (Å²) in [7, 11) is 0. The van der Waals surface area contributed by atoms with Gasteiger partial charge in [0.1, 0.15) is 5.01 Å². The number of nitrogen functional groups attached to an aromatic ring is 1. The number of anilines is 2. The van der Waals surface area contributed by atoms with Crippen LogP contribution in [-0.4, -0.2) is 26.0 Å². The van der Waals surface area contributed by atoms with Crippen LogP contribution < -0.4 is 21.3 Å². The average Bonchev–Trinajstić information content (AvgIpc) is 2.81. The van der Waals surface area contributed by atoms with Gasteiger partial charge in [0.2, 0.25) is 11.9 Å². The number of rotatable bonds is 6. The van der Waals surface area contributed by atoms with E-state index in [1.54, 1.807) is 11.3 Å². The number of nitrogens with two attached hydrogens (primary N) is 1. The number of nitrogens with one attached hydrogen (secondary N) is 2. The van der Waals surface area contributed by atoms with Crippen molar-refractivity contribution in [2.45, 2.75) is 33.4 Å². The zero-order valence-corrected chi connectivity index (χ0v) is 12.4. The van der Waals surface area contributed by atoms with Gasteiger partial charge in [-0.05, 0) is 20.8 Å². The average molecular weight is 295 g/mol. The van der Waals surface area contributed by atoms with Gasteiger partial charge in [-0.2, -0.15) is 15.0 Å². The second-order valence-corrected chi connectivity index (χ2v) is 5.61. The van der Waals surface area contributed by atoms with Gasteiger partial charge in [-0.1, -0.05) is 0 Å². The molecule has 0 fully saturated rings. The topological polar surface area (TPSA) is 111 Å². The Labute approximate surface area is 120 Å². The van der Waals surface area contributed by atoms with Gasteiger partial charge < -0.3 is 10.1 Å². The van der Waals surface area contributed by atoms with Gasteiger partial charge in [0.15, 0.2) is 0 Å². The Bertz CT molecular complexity index is 572. The summed E-state index contributed by atoms with van der Waals surface area (Å²) in [6.07, 6.45) is 1.80. The van der Waals surface area contributed by atoms with Crippen LogP contribution in [-0.2, 0) is 6.54 Å². The SMILES string of the molecule is Cc1cnc(CNc2nc(NN)nc(OC(C)C)n2)s1. The summed E-state index contributed by atoms with van der Waals surface area (Å²) >= 11 is 1.62. The number of hydrazine groups is 1. The predicted molar refractivity (Wildman–Crippen MR) is 77.6 cm³/mol. The van der Waals surface area contributed by atoms with Crippen molar-refractivity contribution in [1.82, 2.24) is 19.9 Å². The lowest BCUT2D eigenvalue weighted by Gasteiger charge is -2.10. The van der Waals surface area contributed by atoms with E-state index < -0.39 is 0 Å². The third-order valence-corrected chi connectivity index (χ3v) is 3.06. The fraction of sp³-hybridized carbons (Fsp3) is 0.455. The maximum atomic E-state index is 5.44. The number of ether oxygens (including phenoxy) is 1. The summed E-state index contributed by atoms with van der Waals surface area (Å²) in [6.45, 7) is 6.33. The molecule has 0 atom stereocenters. The van der Waals surface area contributed by atoms with Crippen molar-refractivity contribution < 1.29 is 4.74 Å². The molecule has 9 heteroatoms. The molecule has 2 rings (SSSR count). The Morgan fingerprint density at radius 3 is 2.65 bits per heavy atom. The molecule has 0 saturated carbocycles. The van der Waals surface area contributed by atoms with Crippen molar-refractivity contribution in [1.29, 1.82) is 0 Å². The zero-order chi connectivity index (χ0) is 14.5. The van der Waals surface area contributed by atoms with E-state index in [0.29, 0.717) is 12.5 Å². The molecule has 0 aliphatic rings. The molecule has 2 heterocycles. The molecule has 20 heavy (non-hydrogen) atoms. The van der Waals surface area contributed by atoms with E-state index in [-0.39, 0.29) is 18.1 Å². The summed E-state index contributed by atoms with van der Waals surface area (Å²) in [5.41, 5.74) is 2.39. The fourth-order valence-corrected chi connectivity index (χ4v) is 2.13. The Morgan fingerprint density at radius 1 is 1.30 bits per heavy atom. The fourth-order valence-electron chi connectivity index (χ4n) is 1.40.